The Hall–Kier alpha value is -1.83. The maximum atomic E-state index is 12.6. The Balaban J connectivity index is 6.48. The van der Waals surface area contributed by atoms with Crippen LogP contribution in [0.25, 0.3) is 5.53 Å². The summed E-state index contributed by atoms with van der Waals surface area (Å²) in [5.74, 6) is -2.17. The Morgan fingerprint density at radius 1 is 1.08 bits per heavy atom. The summed E-state index contributed by atoms with van der Waals surface area (Å²) in [6, 6.07) is 0. The average molecular weight is 372 g/mol. The van der Waals surface area contributed by atoms with Crippen LogP contribution in [0.2, 0.25) is 18.1 Å². The fourth-order valence-electron chi connectivity index (χ4n) is 1.95. The lowest BCUT2D eigenvalue weighted by Crippen LogP contribution is -2.60. The number of carbonyl (C=O) groups excluding carboxylic acids is 3. The molecule has 0 aromatic heterocycles. The molecule has 142 valence electrons. The van der Waals surface area contributed by atoms with E-state index in [0.717, 1.165) is 14.2 Å². The monoisotopic (exact) mass is 372 g/mol. The molecule has 0 aliphatic heterocycles. The maximum absolute atomic E-state index is 12.6. The van der Waals surface area contributed by atoms with Crippen molar-refractivity contribution in [3.05, 3.63) is 5.53 Å². The van der Waals surface area contributed by atoms with E-state index in [1.165, 1.54) is 6.92 Å². The molecule has 0 saturated heterocycles. The highest BCUT2D eigenvalue weighted by molar-refractivity contribution is 6.74. The highest BCUT2D eigenvalue weighted by Crippen LogP contribution is 2.41. The minimum Gasteiger partial charge on any atom is -0.466 e. The fourth-order valence-corrected chi connectivity index (χ4v) is 3.41. The van der Waals surface area contributed by atoms with Crippen molar-refractivity contribution in [2.24, 2.45) is 0 Å². The van der Waals surface area contributed by atoms with Gasteiger partial charge in [0.1, 0.15) is 5.78 Å². The third-order valence-electron chi connectivity index (χ3n) is 4.44. The number of ketones is 1. The average Bonchev–Trinajstić information content (AvgIpc) is 2.50. The normalized spacial score (nSPS) is 14.1. The molecule has 8 nitrogen and oxygen atoms in total. The molecule has 0 bridgehead atoms. The molecular weight excluding hydrogens is 344 g/mol. The smallest absolute Gasteiger partial charge is 0.420 e. The molecule has 25 heavy (non-hydrogen) atoms. The molecule has 0 aromatic rings. The molecule has 1 unspecified atom stereocenters. The zero-order valence-corrected chi connectivity index (χ0v) is 17.3. The van der Waals surface area contributed by atoms with Crippen molar-refractivity contribution in [3.63, 3.8) is 0 Å². The van der Waals surface area contributed by atoms with E-state index in [9.17, 15) is 19.9 Å². The van der Waals surface area contributed by atoms with E-state index in [0.29, 0.717) is 0 Å². The number of rotatable bonds is 8. The molecule has 0 saturated carbocycles. The van der Waals surface area contributed by atoms with Gasteiger partial charge in [-0.3, -0.25) is 0 Å². The van der Waals surface area contributed by atoms with Crippen molar-refractivity contribution >= 4 is 31.8 Å². The van der Waals surface area contributed by atoms with Gasteiger partial charge < -0.3 is 24.2 Å². The zero-order chi connectivity index (χ0) is 20.1. The van der Waals surface area contributed by atoms with E-state index >= 15 is 0 Å². The van der Waals surface area contributed by atoms with Crippen LogP contribution in [-0.2, 0) is 28.3 Å². The second kappa shape index (κ2) is 8.51. The molecule has 1 atom stereocenters. The lowest BCUT2D eigenvalue weighted by Gasteiger charge is -2.41. The number of esters is 2. The number of hydrogen-bond acceptors (Lipinski definition) is 6. The number of methoxy groups -OCH3 is 2. The van der Waals surface area contributed by atoms with Gasteiger partial charge in [-0.05, 0) is 25.1 Å². The van der Waals surface area contributed by atoms with Gasteiger partial charge in [0.2, 0.25) is 0 Å². The van der Waals surface area contributed by atoms with Gasteiger partial charge in [0.25, 0.3) is 5.60 Å². The largest absolute Gasteiger partial charge is 0.466 e. The molecule has 0 heterocycles. The Bertz CT molecular complexity index is 590. The van der Waals surface area contributed by atoms with Crippen LogP contribution in [-0.4, -0.2) is 56.4 Å². The molecule has 0 aromatic carbocycles. The molecule has 0 spiro atoms. The number of hydrogen-bond donors (Lipinski definition) is 0. The van der Waals surface area contributed by atoms with Gasteiger partial charge in [0.05, 0.1) is 14.2 Å². The summed E-state index contributed by atoms with van der Waals surface area (Å²) < 4.78 is 15.6. The third-order valence-corrected chi connectivity index (χ3v) is 8.91. The SMILES string of the molecule is COC(=O)C(=[N+]=[N-])C(CCC(C)=O)(O[Si](C)(C)C(C)(C)C)C(=O)OC. The Kier molecular flexibility index (Phi) is 7.88. The molecule has 0 amide bonds. The van der Waals surface area contributed by atoms with Crippen LogP contribution in [0.3, 0.4) is 0 Å². The third kappa shape index (κ3) is 5.32. The first kappa shape index (κ1) is 23.2. The van der Waals surface area contributed by atoms with Gasteiger partial charge in [0, 0.05) is 12.8 Å². The lowest BCUT2D eigenvalue weighted by atomic mass is 9.91. The summed E-state index contributed by atoms with van der Waals surface area (Å²) in [4.78, 5) is 39.2. The predicted molar refractivity (Wildman–Crippen MR) is 93.6 cm³/mol. The van der Waals surface area contributed by atoms with Gasteiger partial charge in [-0.15, -0.1) is 0 Å². The number of Topliss-reactive ketones (excluding diaryl/α,β-unsaturated/α-hetero) is 1. The van der Waals surface area contributed by atoms with E-state index in [2.05, 4.69) is 9.53 Å². The molecule has 9 heteroatoms. The van der Waals surface area contributed by atoms with E-state index < -0.39 is 31.6 Å². The fraction of sp³-hybridized carbons (Fsp3) is 0.750. The van der Waals surface area contributed by atoms with E-state index in [1.54, 1.807) is 0 Å². The number of ether oxygens (including phenoxy) is 2. The van der Waals surface area contributed by atoms with E-state index in [-0.39, 0.29) is 23.7 Å². The van der Waals surface area contributed by atoms with Gasteiger partial charge in [-0.2, -0.15) is 4.79 Å². The van der Waals surface area contributed by atoms with Crippen LogP contribution in [0.4, 0.5) is 0 Å². The van der Waals surface area contributed by atoms with Crippen LogP contribution in [0.5, 0.6) is 0 Å². The molecular formula is C16H28N2O6Si. The molecule has 0 fully saturated rings. The summed E-state index contributed by atoms with van der Waals surface area (Å²) in [6.07, 6.45) is -0.268. The Morgan fingerprint density at radius 3 is 1.92 bits per heavy atom. The van der Waals surface area contributed by atoms with Crippen LogP contribution in [0, 0.1) is 0 Å². The summed E-state index contributed by atoms with van der Waals surface area (Å²) in [7, 11) is -0.420. The second-order valence-corrected chi connectivity index (χ2v) is 12.0. The van der Waals surface area contributed by atoms with Crippen molar-refractivity contribution in [1.82, 2.24) is 0 Å². The quantitative estimate of drug-likeness (QED) is 0.212. The van der Waals surface area contributed by atoms with Gasteiger partial charge >= 0.3 is 17.7 Å². The Morgan fingerprint density at radius 2 is 1.60 bits per heavy atom. The predicted octanol–water partition coefficient (Wildman–Crippen LogP) is 2.13. The van der Waals surface area contributed by atoms with Crippen molar-refractivity contribution < 1.29 is 33.1 Å². The summed E-state index contributed by atoms with van der Waals surface area (Å²) >= 11 is 0. The maximum Gasteiger partial charge on any atom is 0.420 e. The number of carbonyl (C=O) groups is 3. The number of nitrogens with zero attached hydrogens (tertiary/aromatic N) is 2. The highest BCUT2D eigenvalue weighted by atomic mass is 28.4. The molecule has 0 aliphatic rings. The minimum atomic E-state index is -2.64. The first-order valence-corrected chi connectivity index (χ1v) is 10.8. The van der Waals surface area contributed by atoms with Crippen LogP contribution in [0.1, 0.15) is 40.5 Å². The van der Waals surface area contributed by atoms with Gasteiger partial charge in [-0.1, -0.05) is 20.8 Å². The minimum absolute atomic E-state index is 0.0697. The van der Waals surface area contributed by atoms with Crippen molar-refractivity contribution in [2.75, 3.05) is 14.2 Å². The Labute approximate surface area is 149 Å². The second-order valence-electron chi connectivity index (χ2n) is 7.32. The van der Waals surface area contributed by atoms with E-state index in [4.69, 9.17) is 9.16 Å². The van der Waals surface area contributed by atoms with Crippen molar-refractivity contribution in [2.45, 2.75) is 64.3 Å². The summed E-state index contributed by atoms with van der Waals surface area (Å²) in [5, 5.41) is -0.320. The molecule has 0 aliphatic carbocycles. The first-order chi connectivity index (χ1) is 11.3. The molecule has 0 rings (SSSR count). The van der Waals surface area contributed by atoms with Crippen LogP contribution >= 0.6 is 0 Å². The lowest BCUT2D eigenvalue weighted by molar-refractivity contribution is -0.161. The summed E-state index contributed by atoms with van der Waals surface area (Å²) in [5.41, 5.74) is 6.75. The first-order valence-electron chi connectivity index (χ1n) is 7.88. The molecule has 0 N–H and O–H groups in total. The van der Waals surface area contributed by atoms with E-state index in [1.807, 2.05) is 33.9 Å². The topological polar surface area (TPSA) is 115 Å². The molecule has 0 radical (unpaired) electrons. The van der Waals surface area contributed by atoms with Crippen molar-refractivity contribution in [3.8, 4) is 0 Å². The van der Waals surface area contributed by atoms with Crippen molar-refractivity contribution in [1.29, 1.82) is 0 Å². The summed E-state index contributed by atoms with van der Waals surface area (Å²) in [6.45, 7) is 10.9. The standard InChI is InChI=1S/C16H28N2O6Si/c1-11(19)9-10-16(14(21)23-6,12(18-17)13(20)22-5)24-25(7,8)15(2,3)4/h9-10H2,1-8H3. The highest BCUT2D eigenvalue weighted by Gasteiger charge is 2.60. The van der Waals surface area contributed by atoms with Gasteiger partial charge in [0.15, 0.2) is 8.32 Å². The zero-order valence-electron chi connectivity index (χ0n) is 16.3. The van der Waals surface area contributed by atoms with Crippen LogP contribution in [0.15, 0.2) is 0 Å². The van der Waals surface area contributed by atoms with Crippen LogP contribution < -0.4 is 0 Å². The van der Waals surface area contributed by atoms with Gasteiger partial charge in [-0.25, -0.2) is 9.59 Å².